The van der Waals surface area contributed by atoms with Crippen molar-refractivity contribution in [2.24, 2.45) is 11.8 Å². The molecule has 1 atom stereocenters. The topological polar surface area (TPSA) is 87.2 Å². The van der Waals surface area contributed by atoms with Crippen molar-refractivity contribution < 1.29 is 9.59 Å². The lowest BCUT2D eigenvalue weighted by molar-refractivity contribution is -0.126. The highest BCUT2D eigenvalue weighted by Gasteiger charge is 2.26. The van der Waals surface area contributed by atoms with Crippen molar-refractivity contribution in [3.63, 3.8) is 0 Å². The number of carbonyl (C=O) groups excluding carboxylic acids is 2. The van der Waals surface area contributed by atoms with E-state index in [1.54, 1.807) is 18.5 Å². The predicted octanol–water partition coefficient (Wildman–Crippen LogP) is 0.581. The molecule has 0 radical (unpaired) electrons. The normalized spacial score (nSPS) is 17.9. The van der Waals surface area contributed by atoms with Gasteiger partial charge in [0, 0.05) is 44.5 Å². The first-order valence-corrected chi connectivity index (χ1v) is 8.15. The number of nitrogens with one attached hydrogen (secondary N) is 2. The Morgan fingerprint density at radius 2 is 1.96 bits per heavy atom. The molecule has 7 heteroatoms. The summed E-state index contributed by atoms with van der Waals surface area (Å²) in [4.78, 5) is 34.2. The smallest absolute Gasteiger partial charge is 0.225 e. The van der Waals surface area contributed by atoms with Crippen molar-refractivity contribution in [1.82, 2.24) is 20.6 Å². The molecule has 1 aromatic heterocycles. The number of piperidine rings is 1. The highest BCUT2D eigenvalue weighted by molar-refractivity contribution is 5.80. The second-order valence-electron chi connectivity index (χ2n) is 6.07. The van der Waals surface area contributed by atoms with E-state index in [2.05, 4.69) is 20.6 Å². The van der Waals surface area contributed by atoms with Gasteiger partial charge in [0.15, 0.2) is 0 Å². The van der Waals surface area contributed by atoms with E-state index in [1.807, 2.05) is 18.7 Å². The zero-order valence-corrected chi connectivity index (χ0v) is 13.8. The Morgan fingerprint density at radius 3 is 2.65 bits per heavy atom. The second-order valence-corrected chi connectivity index (χ2v) is 6.07. The minimum Gasteiger partial charge on any atom is -0.354 e. The highest BCUT2D eigenvalue weighted by atomic mass is 16.2. The Labute approximate surface area is 136 Å². The van der Waals surface area contributed by atoms with Gasteiger partial charge in [-0.1, -0.05) is 13.8 Å². The molecule has 1 aliphatic heterocycles. The lowest BCUT2D eigenvalue weighted by Crippen LogP contribution is -2.45. The molecule has 1 saturated heterocycles. The molecule has 0 spiro atoms. The molecule has 0 aliphatic carbocycles. The fourth-order valence-electron chi connectivity index (χ4n) is 2.55. The van der Waals surface area contributed by atoms with E-state index in [1.165, 1.54) is 0 Å². The lowest BCUT2D eigenvalue weighted by Gasteiger charge is -2.31. The van der Waals surface area contributed by atoms with Crippen LogP contribution in [0.5, 0.6) is 0 Å². The summed E-state index contributed by atoms with van der Waals surface area (Å²) in [5.74, 6) is 0.611. The number of nitrogens with zero attached hydrogens (tertiary/aromatic N) is 3. The summed E-state index contributed by atoms with van der Waals surface area (Å²) in [6, 6.07) is 1.78. The predicted molar refractivity (Wildman–Crippen MR) is 87.8 cm³/mol. The molecule has 1 fully saturated rings. The maximum absolute atomic E-state index is 12.3. The maximum atomic E-state index is 12.3. The van der Waals surface area contributed by atoms with Crippen molar-refractivity contribution in [2.45, 2.75) is 26.7 Å². The minimum absolute atomic E-state index is 0.00400. The highest BCUT2D eigenvalue weighted by Crippen LogP contribution is 2.19. The molecule has 2 rings (SSSR count). The Balaban J connectivity index is 1.75. The molecular formula is C16H25N5O2. The van der Waals surface area contributed by atoms with Crippen LogP contribution in [0.4, 0.5) is 5.95 Å². The molecule has 2 amide bonds. The number of rotatable bonds is 6. The Hall–Kier alpha value is -2.18. The quantitative estimate of drug-likeness (QED) is 0.749. The zero-order chi connectivity index (χ0) is 16.7. The molecular weight excluding hydrogens is 294 g/mol. The lowest BCUT2D eigenvalue weighted by atomic mass is 9.97. The average molecular weight is 319 g/mol. The van der Waals surface area contributed by atoms with Gasteiger partial charge in [-0.3, -0.25) is 9.59 Å². The summed E-state index contributed by atoms with van der Waals surface area (Å²) >= 11 is 0. The van der Waals surface area contributed by atoms with Gasteiger partial charge in [-0.05, 0) is 18.9 Å². The molecule has 0 bridgehead atoms. The van der Waals surface area contributed by atoms with Crippen LogP contribution < -0.4 is 15.5 Å². The minimum atomic E-state index is -0.0617. The van der Waals surface area contributed by atoms with Gasteiger partial charge in [0.1, 0.15) is 0 Å². The molecule has 1 aromatic rings. The largest absolute Gasteiger partial charge is 0.354 e. The van der Waals surface area contributed by atoms with Gasteiger partial charge in [-0.2, -0.15) is 0 Å². The van der Waals surface area contributed by atoms with Crippen molar-refractivity contribution in [1.29, 1.82) is 0 Å². The van der Waals surface area contributed by atoms with Crippen molar-refractivity contribution in [2.75, 3.05) is 31.1 Å². The molecule has 1 unspecified atom stereocenters. The van der Waals surface area contributed by atoms with Gasteiger partial charge >= 0.3 is 0 Å². The summed E-state index contributed by atoms with van der Waals surface area (Å²) in [5.41, 5.74) is 0. The van der Waals surface area contributed by atoms with Crippen LogP contribution in [0.15, 0.2) is 18.5 Å². The van der Waals surface area contributed by atoms with Crippen LogP contribution in [0, 0.1) is 11.8 Å². The first kappa shape index (κ1) is 17.2. The Morgan fingerprint density at radius 1 is 1.26 bits per heavy atom. The van der Waals surface area contributed by atoms with Gasteiger partial charge in [0.05, 0.1) is 5.92 Å². The average Bonchev–Trinajstić information content (AvgIpc) is 2.59. The first-order valence-electron chi connectivity index (χ1n) is 8.15. The maximum Gasteiger partial charge on any atom is 0.225 e. The van der Waals surface area contributed by atoms with Crippen LogP contribution in [-0.2, 0) is 9.59 Å². The zero-order valence-electron chi connectivity index (χ0n) is 13.8. The van der Waals surface area contributed by atoms with Crippen LogP contribution in [0.25, 0.3) is 0 Å². The number of carbonyl (C=O) groups is 2. The van der Waals surface area contributed by atoms with Crippen LogP contribution in [0.2, 0.25) is 0 Å². The third-order valence-corrected chi connectivity index (χ3v) is 3.88. The molecule has 1 aliphatic rings. The summed E-state index contributed by atoms with van der Waals surface area (Å²) in [6.07, 6.45) is 5.24. The van der Waals surface area contributed by atoms with Crippen LogP contribution >= 0.6 is 0 Å². The molecule has 2 N–H and O–H groups in total. The monoisotopic (exact) mass is 319 g/mol. The van der Waals surface area contributed by atoms with Gasteiger partial charge in [-0.15, -0.1) is 0 Å². The van der Waals surface area contributed by atoms with Crippen molar-refractivity contribution in [3.8, 4) is 0 Å². The number of hydrogen-bond donors (Lipinski definition) is 2. The number of anilines is 1. The van der Waals surface area contributed by atoms with Crippen molar-refractivity contribution in [3.05, 3.63) is 18.5 Å². The summed E-state index contributed by atoms with van der Waals surface area (Å²) in [5, 5.41) is 5.69. The van der Waals surface area contributed by atoms with E-state index in [0.717, 1.165) is 19.4 Å². The van der Waals surface area contributed by atoms with Gasteiger partial charge in [0.25, 0.3) is 0 Å². The van der Waals surface area contributed by atoms with Gasteiger partial charge in [-0.25, -0.2) is 9.97 Å². The molecule has 0 aromatic carbocycles. The summed E-state index contributed by atoms with van der Waals surface area (Å²) in [7, 11) is 0. The van der Waals surface area contributed by atoms with E-state index in [9.17, 15) is 9.59 Å². The third kappa shape index (κ3) is 5.19. The number of aromatic nitrogens is 2. The molecule has 126 valence electrons. The standard InChI is InChI=1S/C16H25N5O2/c1-12(2)14(22)17-8-9-18-15(23)13-5-3-10-21(11-13)16-19-6-4-7-20-16/h4,6-7,12-13H,3,5,8-11H2,1-2H3,(H,17,22)(H,18,23). The Bertz CT molecular complexity index is 520. The number of hydrogen-bond acceptors (Lipinski definition) is 5. The van der Waals surface area contributed by atoms with Crippen LogP contribution in [-0.4, -0.2) is 48.0 Å². The van der Waals surface area contributed by atoms with E-state index < -0.39 is 0 Å². The fraction of sp³-hybridized carbons (Fsp3) is 0.625. The van der Waals surface area contributed by atoms with Crippen LogP contribution in [0.3, 0.4) is 0 Å². The summed E-state index contributed by atoms with van der Waals surface area (Å²) < 4.78 is 0. The van der Waals surface area contributed by atoms with Gasteiger partial charge in [0.2, 0.25) is 17.8 Å². The van der Waals surface area contributed by atoms with E-state index in [0.29, 0.717) is 25.6 Å². The molecule has 2 heterocycles. The fourth-order valence-corrected chi connectivity index (χ4v) is 2.55. The van der Waals surface area contributed by atoms with Gasteiger partial charge < -0.3 is 15.5 Å². The van der Waals surface area contributed by atoms with E-state index >= 15 is 0 Å². The Kier molecular flexibility index (Phi) is 6.31. The first-order chi connectivity index (χ1) is 11.1. The third-order valence-electron chi connectivity index (χ3n) is 3.88. The number of amides is 2. The molecule has 23 heavy (non-hydrogen) atoms. The molecule has 7 nitrogen and oxygen atoms in total. The van der Waals surface area contributed by atoms with Crippen LogP contribution in [0.1, 0.15) is 26.7 Å². The van der Waals surface area contributed by atoms with E-state index in [4.69, 9.17) is 0 Å². The van der Waals surface area contributed by atoms with E-state index in [-0.39, 0.29) is 23.7 Å². The second kappa shape index (κ2) is 8.45. The SMILES string of the molecule is CC(C)C(=O)NCCNC(=O)C1CCCN(c2ncccn2)C1. The van der Waals surface area contributed by atoms with Crippen molar-refractivity contribution >= 4 is 17.8 Å². The summed E-state index contributed by atoms with van der Waals surface area (Å²) in [6.45, 7) is 6.11. The molecule has 0 saturated carbocycles.